The number of benzene rings is 1. The van der Waals surface area contributed by atoms with E-state index in [-0.39, 0.29) is 11.8 Å². The normalized spacial score (nSPS) is 11.0. The van der Waals surface area contributed by atoms with Gasteiger partial charge in [-0.2, -0.15) is 0 Å². The summed E-state index contributed by atoms with van der Waals surface area (Å²) in [4.78, 5) is 24.6. The van der Waals surface area contributed by atoms with Gasteiger partial charge in [-0.25, -0.2) is 5.01 Å². The average Bonchev–Trinajstić information content (AvgIpc) is 2.44. The molecule has 0 saturated heterocycles. The lowest BCUT2D eigenvalue weighted by Crippen LogP contribution is -2.55. The van der Waals surface area contributed by atoms with Crippen LogP contribution >= 0.6 is 0 Å². The van der Waals surface area contributed by atoms with Crippen LogP contribution in [-0.2, 0) is 4.79 Å². The first kappa shape index (κ1) is 17.2. The van der Waals surface area contributed by atoms with E-state index in [0.717, 1.165) is 19.3 Å². The molecule has 1 aromatic rings. The monoisotopic (exact) mass is 290 g/mol. The van der Waals surface area contributed by atoms with Crippen LogP contribution in [-0.4, -0.2) is 22.4 Å². The van der Waals surface area contributed by atoms with Crippen molar-refractivity contribution in [1.82, 2.24) is 10.4 Å². The lowest BCUT2D eigenvalue weighted by molar-refractivity contribution is -0.127. The summed E-state index contributed by atoms with van der Waals surface area (Å²) >= 11 is 0. The molecule has 4 nitrogen and oxygen atoms in total. The van der Waals surface area contributed by atoms with Gasteiger partial charge in [0, 0.05) is 12.0 Å². The Balaban J connectivity index is 2.78. The van der Waals surface area contributed by atoms with E-state index in [1.54, 1.807) is 12.1 Å². The number of hydrazine groups is 1. The van der Waals surface area contributed by atoms with E-state index in [9.17, 15) is 9.59 Å². The van der Waals surface area contributed by atoms with Crippen LogP contribution in [0.3, 0.4) is 0 Å². The van der Waals surface area contributed by atoms with Crippen molar-refractivity contribution in [1.29, 1.82) is 0 Å². The fraction of sp³-hybridized carbons (Fsp3) is 0.529. The molecule has 1 aromatic carbocycles. The molecule has 0 bridgehead atoms. The standard InChI is InChI=1S/C17H26N2O2/c1-5-6-8-13-15(20)18-19(17(2,3)4)16(21)14-11-9-7-10-12-14/h7,9-12H,5-6,8,13H2,1-4H3,(H,18,20). The first-order valence-electron chi connectivity index (χ1n) is 7.55. The maximum atomic E-state index is 12.6. The van der Waals surface area contributed by atoms with Crippen molar-refractivity contribution in [2.45, 2.75) is 58.9 Å². The van der Waals surface area contributed by atoms with Crippen LogP contribution in [0.1, 0.15) is 63.7 Å². The van der Waals surface area contributed by atoms with Crippen LogP contribution in [0.2, 0.25) is 0 Å². The molecule has 2 amide bonds. The zero-order valence-electron chi connectivity index (χ0n) is 13.5. The number of rotatable bonds is 5. The average molecular weight is 290 g/mol. The second-order valence-corrected chi connectivity index (χ2v) is 6.17. The number of nitrogens with one attached hydrogen (secondary N) is 1. The van der Waals surface area contributed by atoms with Crippen molar-refractivity contribution in [3.63, 3.8) is 0 Å². The Morgan fingerprint density at radius 2 is 1.71 bits per heavy atom. The Hall–Kier alpha value is -1.84. The van der Waals surface area contributed by atoms with Gasteiger partial charge in [-0.1, -0.05) is 38.0 Å². The summed E-state index contributed by atoms with van der Waals surface area (Å²) in [6, 6.07) is 9.00. The van der Waals surface area contributed by atoms with E-state index in [1.807, 2.05) is 39.0 Å². The van der Waals surface area contributed by atoms with Gasteiger partial charge in [0.05, 0.1) is 5.54 Å². The molecule has 0 aliphatic carbocycles. The molecular formula is C17H26N2O2. The first-order valence-corrected chi connectivity index (χ1v) is 7.55. The van der Waals surface area contributed by atoms with Gasteiger partial charge in [0.15, 0.2) is 0 Å². The Morgan fingerprint density at radius 3 is 2.24 bits per heavy atom. The predicted molar refractivity (Wildman–Crippen MR) is 84.6 cm³/mol. The third-order valence-corrected chi connectivity index (χ3v) is 3.14. The number of nitrogens with zero attached hydrogens (tertiary/aromatic N) is 1. The van der Waals surface area contributed by atoms with Crippen LogP contribution < -0.4 is 5.43 Å². The van der Waals surface area contributed by atoms with Crippen molar-refractivity contribution < 1.29 is 9.59 Å². The smallest absolute Gasteiger partial charge is 0.272 e. The number of unbranched alkanes of at least 4 members (excludes halogenated alkanes) is 2. The van der Waals surface area contributed by atoms with Crippen LogP contribution in [0.4, 0.5) is 0 Å². The van der Waals surface area contributed by atoms with Crippen molar-refractivity contribution in [3.05, 3.63) is 35.9 Å². The summed E-state index contributed by atoms with van der Waals surface area (Å²) in [6.45, 7) is 7.80. The Kier molecular flexibility index (Phi) is 6.40. The van der Waals surface area contributed by atoms with Crippen LogP contribution in [0.25, 0.3) is 0 Å². The Labute approximate surface area is 127 Å². The molecule has 0 radical (unpaired) electrons. The van der Waals surface area contributed by atoms with Gasteiger partial charge in [-0.3, -0.25) is 15.0 Å². The summed E-state index contributed by atoms with van der Waals surface area (Å²) in [5, 5.41) is 1.43. The molecule has 0 aliphatic rings. The van der Waals surface area contributed by atoms with Gasteiger partial charge in [-0.15, -0.1) is 0 Å². The topological polar surface area (TPSA) is 49.4 Å². The summed E-state index contributed by atoms with van der Waals surface area (Å²) in [6.07, 6.45) is 3.39. The summed E-state index contributed by atoms with van der Waals surface area (Å²) in [5.41, 5.74) is 2.85. The van der Waals surface area contributed by atoms with Gasteiger partial charge in [0.25, 0.3) is 5.91 Å². The van der Waals surface area contributed by atoms with Gasteiger partial charge < -0.3 is 0 Å². The largest absolute Gasteiger partial charge is 0.273 e. The molecule has 0 atom stereocenters. The quantitative estimate of drug-likeness (QED) is 0.666. The molecule has 0 saturated carbocycles. The molecule has 0 fully saturated rings. The van der Waals surface area contributed by atoms with E-state index in [4.69, 9.17) is 0 Å². The van der Waals surface area contributed by atoms with Crippen LogP contribution in [0, 0.1) is 0 Å². The van der Waals surface area contributed by atoms with Gasteiger partial charge in [0.2, 0.25) is 5.91 Å². The van der Waals surface area contributed by atoms with Crippen LogP contribution in [0.5, 0.6) is 0 Å². The number of hydrogen-bond donors (Lipinski definition) is 1. The first-order chi connectivity index (χ1) is 9.86. The van der Waals surface area contributed by atoms with Gasteiger partial charge in [-0.05, 0) is 39.3 Å². The van der Waals surface area contributed by atoms with E-state index in [0.29, 0.717) is 12.0 Å². The molecule has 4 heteroatoms. The Morgan fingerprint density at radius 1 is 1.10 bits per heavy atom. The van der Waals surface area contributed by atoms with Gasteiger partial charge in [0.1, 0.15) is 0 Å². The SMILES string of the molecule is CCCCCC(=O)NN(C(=O)c1ccccc1)C(C)(C)C. The number of amides is 2. The fourth-order valence-electron chi connectivity index (χ4n) is 1.95. The van der Waals surface area contributed by atoms with E-state index in [1.165, 1.54) is 5.01 Å². The minimum absolute atomic E-state index is 0.109. The maximum Gasteiger partial charge on any atom is 0.272 e. The summed E-state index contributed by atoms with van der Waals surface area (Å²) in [5.74, 6) is -0.297. The van der Waals surface area contributed by atoms with Crippen molar-refractivity contribution in [3.8, 4) is 0 Å². The number of hydrogen-bond acceptors (Lipinski definition) is 2. The second-order valence-electron chi connectivity index (χ2n) is 6.17. The highest BCUT2D eigenvalue weighted by atomic mass is 16.2. The van der Waals surface area contributed by atoms with E-state index in [2.05, 4.69) is 12.3 Å². The molecule has 1 N–H and O–H groups in total. The molecule has 0 spiro atoms. The summed E-state index contributed by atoms with van der Waals surface area (Å²) < 4.78 is 0. The molecular weight excluding hydrogens is 264 g/mol. The number of carbonyl (C=O) groups is 2. The van der Waals surface area contributed by atoms with Crippen LogP contribution in [0.15, 0.2) is 30.3 Å². The predicted octanol–water partition coefficient (Wildman–Crippen LogP) is 3.54. The highest BCUT2D eigenvalue weighted by Crippen LogP contribution is 2.15. The zero-order chi connectivity index (χ0) is 15.9. The lowest BCUT2D eigenvalue weighted by Gasteiger charge is -2.35. The van der Waals surface area contributed by atoms with Crippen molar-refractivity contribution in [2.24, 2.45) is 0 Å². The number of carbonyl (C=O) groups excluding carboxylic acids is 2. The third kappa shape index (κ3) is 5.58. The lowest BCUT2D eigenvalue weighted by atomic mass is 10.1. The molecule has 1 rings (SSSR count). The highest BCUT2D eigenvalue weighted by molar-refractivity contribution is 5.95. The van der Waals surface area contributed by atoms with Gasteiger partial charge >= 0.3 is 0 Å². The van der Waals surface area contributed by atoms with Crippen molar-refractivity contribution in [2.75, 3.05) is 0 Å². The molecule has 116 valence electrons. The molecule has 0 heterocycles. The third-order valence-electron chi connectivity index (χ3n) is 3.14. The Bertz CT molecular complexity index is 463. The molecule has 0 aromatic heterocycles. The summed E-state index contributed by atoms with van der Waals surface area (Å²) in [7, 11) is 0. The van der Waals surface area contributed by atoms with Crippen molar-refractivity contribution >= 4 is 11.8 Å². The minimum atomic E-state index is -0.479. The molecule has 21 heavy (non-hydrogen) atoms. The zero-order valence-corrected chi connectivity index (χ0v) is 13.5. The second kappa shape index (κ2) is 7.81. The maximum absolute atomic E-state index is 12.6. The molecule has 0 aliphatic heterocycles. The minimum Gasteiger partial charge on any atom is -0.273 e. The van der Waals surface area contributed by atoms with E-state index < -0.39 is 5.54 Å². The van der Waals surface area contributed by atoms with E-state index >= 15 is 0 Å². The highest BCUT2D eigenvalue weighted by Gasteiger charge is 2.28. The fourth-order valence-corrected chi connectivity index (χ4v) is 1.95. The molecule has 0 unspecified atom stereocenters.